The number of carboxylic acid groups (broad SMARTS) is 1. The first-order chi connectivity index (χ1) is 10.1. The maximum atomic E-state index is 10.6. The number of benzene rings is 1. The number of carboxylic acids is 1. The molecular formula is C15H14ClNO3S. The van der Waals surface area contributed by atoms with Crippen molar-refractivity contribution in [3.05, 3.63) is 50.9 Å². The predicted molar refractivity (Wildman–Crippen MR) is 84.2 cm³/mol. The van der Waals surface area contributed by atoms with Crippen molar-refractivity contribution in [2.75, 3.05) is 6.61 Å². The Morgan fingerprint density at radius 3 is 3.00 bits per heavy atom. The van der Waals surface area contributed by atoms with E-state index in [0.717, 1.165) is 18.2 Å². The van der Waals surface area contributed by atoms with Crippen molar-refractivity contribution >= 4 is 35.0 Å². The molecule has 2 rings (SSSR count). The van der Waals surface area contributed by atoms with Gasteiger partial charge in [-0.15, -0.1) is 11.3 Å². The summed E-state index contributed by atoms with van der Waals surface area (Å²) in [6.45, 7) is 2.47. The van der Waals surface area contributed by atoms with Gasteiger partial charge >= 0.3 is 5.97 Å². The Kier molecular flexibility index (Phi) is 5.36. The van der Waals surface area contributed by atoms with Crippen molar-refractivity contribution in [3.63, 3.8) is 0 Å². The number of aromatic nitrogens is 1. The van der Waals surface area contributed by atoms with Gasteiger partial charge in [-0.05, 0) is 31.2 Å². The Balaban J connectivity index is 2.05. The molecule has 0 saturated carbocycles. The number of halogens is 1. The summed E-state index contributed by atoms with van der Waals surface area (Å²) in [5, 5.41) is 9.23. The molecule has 0 bridgehead atoms. The molecule has 0 atom stereocenters. The number of hydrogen-bond acceptors (Lipinski definition) is 4. The van der Waals surface area contributed by atoms with Crippen LogP contribution in [0.5, 0.6) is 5.75 Å². The van der Waals surface area contributed by atoms with Gasteiger partial charge in [0.15, 0.2) is 0 Å². The first kappa shape index (κ1) is 15.5. The molecule has 0 aliphatic heterocycles. The fourth-order valence-electron chi connectivity index (χ4n) is 1.76. The van der Waals surface area contributed by atoms with Gasteiger partial charge in [0.2, 0.25) is 0 Å². The Bertz CT molecular complexity index is 667. The smallest absolute Gasteiger partial charge is 0.328 e. The van der Waals surface area contributed by atoms with E-state index in [9.17, 15) is 4.79 Å². The molecule has 21 heavy (non-hydrogen) atoms. The van der Waals surface area contributed by atoms with Crippen LogP contribution in [0.2, 0.25) is 5.02 Å². The summed E-state index contributed by atoms with van der Waals surface area (Å²) >= 11 is 7.53. The van der Waals surface area contributed by atoms with Gasteiger partial charge in [0.1, 0.15) is 5.75 Å². The first-order valence-electron chi connectivity index (χ1n) is 6.28. The molecule has 0 aliphatic rings. The fraction of sp³-hybridized carbons (Fsp3) is 0.200. The lowest BCUT2D eigenvalue weighted by atomic mass is 10.2. The van der Waals surface area contributed by atoms with E-state index in [1.54, 1.807) is 29.5 Å². The minimum absolute atomic E-state index is 0.499. The van der Waals surface area contributed by atoms with Crippen LogP contribution in [0.25, 0.3) is 6.08 Å². The van der Waals surface area contributed by atoms with Gasteiger partial charge in [0.05, 0.1) is 17.8 Å². The summed E-state index contributed by atoms with van der Waals surface area (Å²) in [4.78, 5) is 16.0. The number of rotatable bonds is 6. The third-order valence-corrected chi connectivity index (χ3v) is 4.04. The highest BCUT2D eigenvalue weighted by Gasteiger charge is 2.05. The van der Waals surface area contributed by atoms with Crippen LogP contribution in [-0.2, 0) is 11.2 Å². The minimum atomic E-state index is -1.01. The van der Waals surface area contributed by atoms with E-state index in [-0.39, 0.29) is 0 Å². The molecular weight excluding hydrogens is 310 g/mol. The zero-order valence-electron chi connectivity index (χ0n) is 11.4. The lowest BCUT2D eigenvalue weighted by Gasteiger charge is -2.09. The van der Waals surface area contributed by atoms with Crippen LogP contribution in [-0.4, -0.2) is 22.7 Å². The summed E-state index contributed by atoms with van der Waals surface area (Å²) in [5.41, 5.74) is 3.48. The molecule has 110 valence electrons. The lowest BCUT2D eigenvalue weighted by molar-refractivity contribution is -0.131. The van der Waals surface area contributed by atoms with Crippen LogP contribution in [0, 0.1) is 6.92 Å². The minimum Gasteiger partial charge on any atom is -0.493 e. The second kappa shape index (κ2) is 7.24. The maximum absolute atomic E-state index is 10.6. The standard InChI is InChI=1S/C15H14ClNO3S/c1-10-14(21-9-17-10)6-7-20-13-4-3-12(16)8-11(13)2-5-15(18)19/h2-5,8-9H,6-7H2,1H3,(H,18,19). The van der Waals surface area contributed by atoms with Gasteiger partial charge in [0.25, 0.3) is 0 Å². The monoisotopic (exact) mass is 323 g/mol. The zero-order valence-corrected chi connectivity index (χ0v) is 12.9. The highest BCUT2D eigenvalue weighted by Crippen LogP contribution is 2.24. The molecule has 6 heteroatoms. The average molecular weight is 324 g/mol. The van der Waals surface area contributed by atoms with Crippen LogP contribution in [0.3, 0.4) is 0 Å². The van der Waals surface area contributed by atoms with Gasteiger partial charge in [-0.1, -0.05) is 11.6 Å². The van der Waals surface area contributed by atoms with Crippen molar-refractivity contribution in [1.29, 1.82) is 0 Å². The topological polar surface area (TPSA) is 59.4 Å². The predicted octanol–water partition coefficient (Wildman–Crippen LogP) is 3.82. The van der Waals surface area contributed by atoms with E-state index in [4.69, 9.17) is 21.4 Å². The first-order valence-corrected chi connectivity index (χ1v) is 7.54. The second-order valence-electron chi connectivity index (χ2n) is 4.31. The SMILES string of the molecule is Cc1ncsc1CCOc1ccc(Cl)cc1C=CC(=O)O. The Labute approximate surface area is 131 Å². The van der Waals surface area contributed by atoms with E-state index in [0.29, 0.717) is 22.9 Å². The van der Waals surface area contributed by atoms with Crippen LogP contribution in [0.1, 0.15) is 16.1 Å². The van der Waals surface area contributed by atoms with E-state index in [2.05, 4.69) is 4.98 Å². The van der Waals surface area contributed by atoms with Crippen molar-refractivity contribution in [2.45, 2.75) is 13.3 Å². The molecule has 1 heterocycles. The van der Waals surface area contributed by atoms with Gasteiger partial charge in [0, 0.05) is 28.0 Å². The average Bonchev–Trinajstić information content (AvgIpc) is 2.84. The Morgan fingerprint density at radius 1 is 1.52 bits per heavy atom. The van der Waals surface area contributed by atoms with Crippen LogP contribution >= 0.6 is 22.9 Å². The second-order valence-corrected chi connectivity index (χ2v) is 5.69. The lowest BCUT2D eigenvalue weighted by Crippen LogP contribution is -2.02. The van der Waals surface area contributed by atoms with Gasteiger partial charge in [-0.2, -0.15) is 0 Å². The summed E-state index contributed by atoms with van der Waals surface area (Å²) in [5.74, 6) is -0.403. The Morgan fingerprint density at radius 2 is 2.33 bits per heavy atom. The molecule has 4 nitrogen and oxygen atoms in total. The summed E-state index contributed by atoms with van der Waals surface area (Å²) < 4.78 is 5.73. The van der Waals surface area contributed by atoms with Gasteiger partial charge in [-0.3, -0.25) is 0 Å². The summed E-state index contributed by atoms with van der Waals surface area (Å²) in [6, 6.07) is 5.13. The maximum Gasteiger partial charge on any atom is 0.328 e. The van der Waals surface area contributed by atoms with Crippen molar-refractivity contribution in [2.24, 2.45) is 0 Å². The van der Waals surface area contributed by atoms with Crippen molar-refractivity contribution < 1.29 is 14.6 Å². The number of thiazole rings is 1. The zero-order chi connectivity index (χ0) is 15.2. The molecule has 0 unspecified atom stereocenters. The molecule has 1 aromatic carbocycles. The molecule has 0 amide bonds. The largest absolute Gasteiger partial charge is 0.493 e. The number of aryl methyl sites for hydroxylation is 1. The normalized spacial score (nSPS) is 11.0. The summed E-state index contributed by atoms with van der Waals surface area (Å²) in [7, 11) is 0. The third kappa shape index (κ3) is 4.58. The molecule has 0 radical (unpaired) electrons. The third-order valence-electron chi connectivity index (χ3n) is 2.81. The van der Waals surface area contributed by atoms with E-state index in [1.807, 2.05) is 12.4 Å². The van der Waals surface area contributed by atoms with Gasteiger partial charge < -0.3 is 9.84 Å². The highest BCUT2D eigenvalue weighted by atomic mass is 35.5. The van der Waals surface area contributed by atoms with Crippen LogP contribution < -0.4 is 4.74 Å². The molecule has 0 fully saturated rings. The Hall–Kier alpha value is -1.85. The number of ether oxygens (including phenoxy) is 1. The number of aliphatic carboxylic acids is 1. The van der Waals surface area contributed by atoms with Crippen molar-refractivity contribution in [1.82, 2.24) is 4.98 Å². The number of carbonyl (C=O) groups is 1. The molecule has 1 N–H and O–H groups in total. The van der Waals surface area contributed by atoms with Crippen LogP contribution in [0.15, 0.2) is 29.8 Å². The van der Waals surface area contributed by atoms with Crippen molar-refractivity contribution in [3.8, 4) is 5.75 Å². The van der Waals surface area contributed by atoms with E-state index in [1.165, 1.54) is 11.0 Å². The summed E-state index contributed by atoms with van der Waals surface area (Å²) in [6.07, 6.45) is 3.30. The van der Waals surface area contributed by atoms with E-state index >= 15 is 0 Å². The quantitative estimate of drug-likeness (QED) is 0.821. The van der Waals surface area contributed by atoms with E-state index < -0.39 is 5.97 Å². The molecule has 0 aliphatic carbocycles. The van der Waals surface area contributed by atoms with Crippen LogP contribution in [0.4, 0.5) is 0 Å². The number of hydrogen-bond donors (Lipinski definition) is 1. The molecule has 2 aromatic rings. The highest BCUT2D eigenvalue weighted by molar-refractivity contribution is 7.09. The van der Waals surface area contributed by atoms with Gasteiger partial charge in [-0.25, -0.2) is 9.78 Å². The fourth-order valence-corrected chi connectivity index (χ4v) is 2.70. The molecule has 0 spiro atoms. The molecule has 1 aromatic heterocycles. The number of nitrogens with zero attached hydrogens (tertiary/aromatic N) is 1. The molecule has 0 saturated heterocycles.